The second-order valence-corrected chi connectivity index (χ2v) is 7.50. The van der Waals surface area contributed by atoms with Gasteiger partial charge in [0.2, 0.25) is 0 Å². The first-order valence-electron chi connectivity index (χ1n) is 9.95. The van der Waals surface area contributed by atoms with Crippen molar-refractivity contribution in [3.63, 3.8) is 0 Å². The minimum absolute atomic E-state index is 0.276. The summed E-state index contributed by atoms with van der Waals surface area (Å²) in [5.41, 5.74) is 0. The number of aldehydes is 2. The molecule has 2 rings (SSSR count). The van der Waals surface area contributed by atoms with E-state index in [0.29, 0.717) is 12.2 Å². The molecule has 0 spiro atoms. The lowest BCUT2D eigenvalue weighted by Crippen LogP contribution is -2.23. The Bertz CT molecular complexity index is 308. The van der Waals surface area contributed by atoms with Crippen LogP contribution in [0.3, 0.4) is 0 Å². The zero-order valence-electron chi connectivity index (χ0n) is 15.0. The molecule has 0 aromatic rings. The van der Waals surface area contributed by atoms with Crippen molar-refractivity contribution in [1.29, 1.82) is 0 Å². The van der Waals surface area contributed by atoms with Crippen LogP contribution in [0.25, 0.3) is 0 Å². The van der Waals surface area contributed by atoms with Crippen LogP contribution in [0.4, 0.5) is 0 Å². The minimum atomic E-state index is 0.276. The van der Waals surface area contributed by atoms with E-state index in [-0.39, 0.29) is 11.8 Å². The predicted molar refractivity (Wildman–Crippen MR) is 94.0 cm³/mol. The summed E-state index contributed by atoms with van der Waals surface area (Å²) in [7, 11) is 0. The van der Waals surface area contributed by atoms with Gasteiger partial charge >= 0.3 is 0 Å². The van der Waals surface area contributed by atoms with E-state index >= 15 is 0 Å². The van der Waals surface area contributed by atoms with Crippen LogP contribution < -0.4 is 0 Å². The van der Waals surface area contributed by atoms with E-state index in [2.05, 4.69) is 0 Å². The van der Waals surface area contributed by atoms with Crippen LogP contribution in [0.1, 0.15) is 77.0 Å². The van der Waals surface area contributed by atoms with Crippen LogP contribution in [0, 0.1) is 11.8 Å². The zero-order valence-corrected chi connectivity index (χ0v) is 15.0. The first-order valence-corrected chi connectivity index (χ1v) is 9.95. The fourth-order valence-electron chi connectivity index (χ4n) is 3.84. The quantitative estimate of drug-likeness (QED) is 0.420. The van der Waals surface area contributed by atoms with Gasteiger partial charge in [0.1, 0.15) is 12.6 Å². The van der Waals surface area contributed by atoms with Crippen molar-refractivity contribution in [2.45, 2.75) is 89.3 Å². The molecular weight excluding hydrogens is 304 g/mol. The maximum Gasteiger partial charge on any atom is 0.123 e. The zero-order chi connectivity index (χ0) is 17.0. The molecule has 0 unspecified atom stereocenters. The maximum absolute atomic E-state index is 10.7. The Morgan fingerprint density at radius 2 is 0.958 bits per heavy atom. The molecule has 0 saturated heterocycles. The first-order chi connectivity index (χ1) is 11.8. The fourth-order valence-corrected chi connectivity index (χ4v) is 3.84. The van der Waals surface area contributed by atoms with E-state index in [9.17, 15) is 9.59 Å². The fraction of sp³-hybridized carbons (Fsp3) is 0.900. The number of hydrogen-bond donors (Lipinski definition) is 0. The molecule has 2 fully saturated rings. The van der Waals surface area contributed by atoms with Crippen molar-refractivity contribution in [2.24, 2.45) is 11.8 Å². The minimum Gasteiger partial charge on any atom is -0.378 e. The molecule has 0 amide bonds. The standard InChI is InChI=1S/C20H34O4/c21-15-17-5-9-19(10-6-17)23-13-3-1-2-4-14-24-20-11-7-18(16-22)8-12-20/h15-20H,1-14H2. The molecule has 2 aliphatic rings. The van der Waals surface area contributed by atoms with Crippen LogP contribution in [-0.4, -0.2) is 38.0 Å². The third-order valence-electron chi connectivity index (χ3n) is 5.57. The van der Waals surface area contributed by atoms with Crippen molar-refractivity contribution in [3.05, 3.63) is 0 Å². The molecule has 0 aliphatic heterocycles. The van der Waals surface area contributed by atoms with E-state index < -0.39 is 0 Å². The summed E-state index contributed by atoms with van der Waals surface area (Å²) in [5.74, 6) is 0.552. The SMILES string of the molecule is O=CC1CCC(OCCCCCCOC2CCC(C=O)CC2)CC1. The Hall–Kier alpha value is -0.740. The van der Waals surface area contributed by atoms with Crippen molar-refractivity contribution < 1.29 is 19.1 Å². The van der Waals surface area contributed by atoms with Gasteiger partial charge in [-0.2, -0.15) is 0 Å². The lowest BCUT2D eigenvalue weighted by Gasteiger charge is -2.25. The second kappa shape index (κ2) is 11.8. The smallest absolute Gasteiger partial charge is 0.123 e. The summed E-state index contributed by atoms with van der Waals surface area (Å²) in [5, 5.41) is 0. The first kappa shape index (κ1) is 19.6. The largest absolute Gasteiger partial charge is 0.378 e. The Morgan fingerprint density at radius 3 is 1.29 bits per heavy atom. The normalized spacial score (nSPS) is 30.8. The highest BCUT2D eigenvalue weighted by atomic mass is 16.5. The molecule has 0 N–H and O–H groups in total. The Kier molecular flexibility index (Phi) is 9.59. The van der Waals surface area contributed by atoms with Crippen molar-refractivity contribution >= 4 is 12.6 Å². The van der Waals surface area contributed by atoms with Crippen molar-refractivity contribution in [3.8, 4) is 0 Å². The van der Waals surface area contributed by atoms with Crippen LogP contribution >= 0.6 is 0 Å². The number of carbonyl (C=O) groups excluding carboxylic acids is 2. The van der Waals surface area contributed by atoms with Crippen LogP contribution in [0.2, 0.25) is 0 Å². The van der Waals surface area contributed by atoms with Gasteiger partial charge in [-0.1, -0.05) is 12.8 Å². The van der Waals surface area contributed by atoms with E-state index in [4.69, 9.17) is 9.47 Å². The number of rotatable bonds is 11. The van der Waals surface area contributed by atoms with Crippen molar-refractivity contribution in [2.75, 3.05) is 13.2 Å². The number of hydrogen-bond acceptors (Lipinski definition) is 4. The summed E-state index contributed by atoms with van der Waals surface area (Å²) in [6, 6.07) is 0. The number of ether oxygens (including phenoxy) is 2. The van der Waals surface area contributed by atoms with Crippen LogP contribution in [-0.2, 0) is 19.1 Å². The van der Waals surface area contributed by atoms with Crippen LogP contribution in [0.5, 0.6) is 0 Å². The molecule has 2 saturated carbocycles. The lowest BCUT2D eigenvalue weighted by molar-refractivity contribution is -0.113. The van der Waals surface area contributed by atoms with E-state index in [1.54, 1.807) is 0 Å². The van der Waals surface area contributed by atoms with Gasteiger partial charge in [-0.05, 0) is 64.2 Å². The molecule has 4 nitrogen and oxygen atoms in total. The molecule has 0 heterocycles. The third kappa shape index (κ3) is 7.43. The van der Waals surface area contributed by atoms with E-state index in [0.717, 1.165) is 90.0 Å². The molecule has 24 heavy (non-hydrogen) atoms. The van der Waals surface area contributed by atoms with Gasteiger partial charge in [0.15, 0.2) is 0 Å². The van der Waals surface area contributed by atoms with Gasteiger partial charge in [-0.3, -0.25) is 0 Å². The predicted octanol–water partition coefficient (Wildman–Crippen LogP) is 4.10. The molecule has 0 bridgehead atoms. The lowest BCUT2D eigenvalue weighted by atomic mass is 9.88. The number of unbranched alkanes of at least 4 members (excludes halogenated alkanes) is 3. The highest BCUT2D eigenvalue weighted by molar-refractivity contribution is 5.53. The highest BCUT2D eigenvalue weighted by Crippen LogP contribution is 2.26. The maximum atomic E-state index is 10.7. The summed E-state index contributed by atoms with van der Waals surface area (Å²) in [6.45, 7) is 1.71. The molecule has 0 aromatic carbocycles. The summed E-state index contributed by atoms with van der Waals surface area (Å²) < 4.78 is 11.8. The third-order valence-corrected chi connectivity index (χ3v) is 5.57. The summed E-state index contributed by atoms with van der Waals surface area (Å²) in [6.07, 6.45) is 15.8. The Morgan fingerprint density at radius 1 is 0.583 bits per heavy atom. The van der Waals surface area contributed by atoms with Gasteiger partial charge in [-0.25, -0.2) is 0 Å². The summed E-state index contributed by atoms with van der Waals surface area (Å²) >= 11 is 0. The summed E-state index contributed by atoms with van der Waals surface area (Å²) in [4.78, 5) is 21.4. The van der Waals surface area contributed by atoms with E-state index in [1.165, 1.54) is 12.8 Å². The Labute approximate surface area is 146 Å². The molecule has 2 aliphatic carbocycles. The van der Waals surface area contributed by atoms with Crippen molar-refractivity contribution in [1.82, 2.24) is 0 Å². The van der Waals surface area contributed by atoms with Crippen LogP contribution in [0.15, 0.2) is 0 Å². The molecule has 0 aromatic heterocycles. The Balaban J connectivity index is 1.36. The highest BCUT2D eigenvalue weighted by Gasteiger charge is 2.21. The average molecular weight is 338 g/mol. The second-order valence-electron chi connectivity index (χ2n) is 7.50. The topological polar surface area (TPSA) is 52.6 Å². The van der Waals surface area contributed by atoms with Gasteiger partial charge in [0.05, 0.1) is 12.2 Å². The van der Waals surface area contributed by atoms with Gasteiger partial charge in [-0.15, -0.1) is 0 Å². The molecule has 138 valence electrons. The molecule has 0 atom stereocenters. The monoisotopic (exact) mass is 338 g/mol. The molecular formula is C20H34O4. The number of carbonyl (C=O) groups is 2. The van der Waals surface area contributed by atoms with E-state index in [1.807, 2.05) is 0 Å². The van der Waals surface area contributed by atoms with Gasteiger partial charge in [0.25, 0.3) is 0 Å². The molecule has 0 radical (unpaired) electrons. The molecule has 4 heteroatoms. The van der Waals surface area contributed by atoms with Gasteiger partial charge < -0.3 is 19.1 Å². The van der Waals surface area contributed by atoms with Gasteiger partial charge in [0, 0.05) is 25.0 Å². The average Bonchev–Trinajstić information content (AvgIpc) is 2.65.